The van der Waals surface area contributed by atoms with Crippen LogP contribution in [0.2, 0.25) is 10.0 Å². The molecule has 0 aromatic heterocycles. The fourth-order valence-corrected chi connectivity index (χ4v) is 8.76. The topological polar surface area (TPSA) is 281 Å². The number of phenolic OH excluding ortho intramolecular Hbond substituents is 1. The van der Waals surface area contributed by atoms with Crippen LogP contribution < -0.4 is 25.2 Å². The smallest absolute Gasteiger partial charge is 0.870 e. The molecule has 0 spiro atoms. The molecule has 0 radical (unpaired) electrons. The van der Waals surface area contributed by atoms with Crippen molar-refractivity contribution in [1.82, 2.24) is 0 Å². The van der Waals surface area contributed by atoms with Crippen LogP contribution >= 0.6 is 23.2 Å². The molecule has 8 rings (SSSR count). The maximum absolute atomic E-state index is 13.3. The fraction of sp³-hybridized carbons (Fsp3) is 0.115. The number of halogens is 2. The van der Waals surface area contributed by atoms with E-state index in [9.17, 15) is 45.7 Å². The third-order valence-electron chi connectivity index (χ3n) is 11.0. The van der Waals surface area contributed by atoms with E-state index in [-0.39, 0.29) is 92.8 Å². The molecular weight excluding hydrogens is 1170 g/mol. The van der Waals surface area contributed by atoms with Crippen LogP contribution in [0.15, 0.2) is 164 Å². The molecule has 75 heavy (non-hydrogen) atoms. The summed E-state index contributed by atoms with van der Waals surface area (Å²) in [7, 11) is -9.34. The predicted molar refractivity (Wildman–Crippen MR) is 284 cm³/mol. The Hall–Kier alpha value is -6.41. The van der Waals surface area contributed by atoms with Gasteiger partial charge in [-0.2, -0.15) is 23.8 Å². The van der Waals surface area contributed by atoms with E-state index in [2.05, 4.69) is 31.1 Å². The number of carbonyl (C=O) groups excluding carboxylic acids is 2. The average molecular weight is 1220 g/mol. The Bertz CT molecular complexity index is 3530. The van der Waals surface area contributed by atoms with E-state index in [1.54, 1.807) is 111 Å². The van der Waals surface area contributed by atoms with Gasteiger partial charge in [0, 0.05) is 37.8 Å². The van der Waals surface area contributed by atoms with Crippen LogP contribution in [0.4, 0.5) is 34.1 Å². The third kappa shape index (κ3) is 14.1. The van der Waals surface area contributed by atoms with Crippen LogP contribution in [0.25, 0.3) is 21.5 Å². The summed E-state index contributed by atoms with van der Waals surface area (Å²) >= 11 is 12.2. The van der Waals surface area contributed by atoms with Crippen molar-refractivity contribution in [2.24, 2.45) is 20.5 Å². The quantitative estimate of drug-likeness (QED) is 0.0449. The second kappa shape index (κ2) is 25.0. The fourth-order valence-electron chi connectivity index (χ4n) is 7.16. The second-order valence-electron chi connectivity index (χ2n) is 15.9. The van der Waals surface area contributed by atoms with Gasteiger partial charge in [-0.05, 0) is 135 Å². The largest absolute Gasteiger partial charge is 2.00 e. The van der Waals surface area contributed by atoms with Crippen LogP contribution in [-0.2, 0) is 20.2 Å². The number of carbonyl (C=O) groups is 2. The Morgan fingerprint density at radius 1 is 0.600 bits per heavy atom. The minimum atomic E-state index is -4.80. The number of azo groups is 2. The molecule has 0 aliphatic carbocycles. The van der Waals surface area contributed by atoms with E-state index in [1.165, 1.54) is 12.1 Å². The summed E-state index contributed by atoms with van der Waals surface area (Å²) < 4.78 is 77.9. The number of phenols is 1. The molecule has 4 N–H and O–H groups in total. The molecule has 0 saturated heterocycles. The zero-order valence-corrected chi connectivity index (χ0v) is 47.7. The van der Waals surface area contributed by atoms with Crippen LogP contribution in [0.5, 0.6) is 23.0 Å². The zero-order chi connectivity index (χ0) is 53.5. The predicted octanol–water partition coefficient (Wildman–Crippen LogP) is 12.3. The van der Waals surface area contributed by atoms with Gasteiger partial charge in [0.2, 0.25) is 0 Å². The Morgan fingerprint density at radius 2 is 1.01 bits per heavy atom. The maximum atomic E-state index is 13.3. The molecule has 8 aromatic carbocycles. The molecule has 23 heteroatoms. The maximum Gasteiger partial charge on any atom is 2.00 e. The van der Waals surface area contributed by atoms with Crippen LogP contribution in [0.3, 0.4) is 0 Å². The van der Waals surface area contributed by atoms with Gasteiger partial charge in [-0.25, -0.2) is 8.42 Å². The normalized spacial score (nSPS) is 11.5. The van der Waals surface area contributed by atoms with Gasteiger partial charge in [0.15, 0.2) is 5.75 Å². The summed E-state index contributed by atoms with van der Waals surface area (Å²) in [5.41, 5.74) is 1.47. The SMILES string of the molecule is CCOc1ccc(NC(=O)c2cc3ccccc3c(N=Nc3cc(S(=O)(=O)O)cc(Cl)c3C)c2O)cc1.CCOc1ccc(NC(=O)c2cc3ccccc3c(N=Nc3cc(S(=O)(=O)[O-])cc(Cl)c3C)c2[O-])cc1.[Ba+2]. The Balaban J connectivity index is 0.000000241. The van der Waals surface area contributed by atoms with Gasteiger partial charge >= 0.3 is 48.9 Å². The van der Waals surface area contributed by atoms with Gasteiger partial charge in [-0.1, -0.05) is 77.5 Å². The number of anilines is 2. The zero-order valence-electron chi connectivity index (χ0n) is 40.2. The second-order valence-corrected chi connectivity index (χ2v) is 19.5. The number of aromatic hydroxyl groups is 1. The Morgan fingerprint density at radius 3 is 1.48 bits per heavy atom. The van der Waals surface area contributed by atoms with E-state index >= 15 is 0 Å². The Kier molecular flexibility index (Phi) is 19.3. The first-order valence-corrected chi connectivity index (χ1v) is 25.7. The molecule has 0 aliphatic heterocycles. The van der Waals surface area contributed by atoms with Crippen LogP contribution in [0, 0.1) is 13.8 Å². The number of amides is 2. The van der Waals surface area contributed by atoms with Crippen molar-refractivity contribution in [1.29, 1.82) is 0 Å². The van der Waals surface area contributed by atoms with E-state index in [0.29, 0.717) is 68.8 Å². The van der Waals surface area contributed by atoms with Crippen molar-refractivity contribution in [2.75, 3.05) is 23.8 Å². The minimum absolute atomic E-state index is 0. The van der Waals surface area contributed by atoms with E-state index in [4.69, 9.17) is 32.7 Å². The summed E-state index contributed by atoms with van der Waals surface area (Å²) in [4.78, 5) is 25.1. The molecule has 18 nitrogen and oxygen atoms in total. The third-order valence-corrected chi connectivity index (χ3v) is 13.4. The molecule has 380 valence electrons. The number of fused-ring (bicyclic) bond motifs is 2. The number of rotatable bonds is 14. The summed E-state index contributed by atoms with van der Waals surface area (Å²) in [5.74, 6) is -1.01. The van der Waals surface area contributed by atoms with E-state index in [1.807, 2.05) is 13.8 Å². The molecular formula is C52H42BaCl2N6O12S2. The van der Waals surface area contributed by atoms with Crippen molar-refractivity contribution in [3.05, 3.63) is 166 Å². The summed E-state index contributed by atoms with van der Waals surface area (Å²) in [6.45, 7) is 7.91. The molecule has 0 heterocycles. The minimum Gasteiger partial charge on any atom is -0.870 e. The van der Waals surface area contributed by atoms with E-state index in [0.717, 1.165) is 24.3 Å². The van der Waals surface area contributed by atoms with E-state index < -0.39 is 53.3 Å². The summed E-state index contributed by atoms with van der Waals surface area (Å²) in [6, 6.07) is 34.5. The van der Waals surface area contributed by atoms with Gasteiger partial charge < -0.3 is 34.9 Å². The van der Waals surface area contributed by atoms with Crippen molar-refractivity contribution in [3.8, 4) is 23.0 Å². The van der Waals surface area contributed by atoms with Crippen molar-refractivity contribution < 1.29 is 55.2 Å². The van der Waals surface area contributed by atoms with Crippen LogP contribution in [-0.4, -0.2) is 105 Å². The number of hydrogen-bond donors (Lipinski definition) is 4. The Labute approximate surface area is 481 Å². The van der Waals surface area contributed by atoms with Crippen LogP contribution in [0.1, 0.15) is 45.7 Å². The summed E-state index contributed by atoms with van der Waals surface area (Å²) in [6.07, 6.45) is 0. The number of benzene rings is 8. The first kappa shape index (κ1) is 57.9. The standard InChI is InChI=1S/2C26H22ClN3O6S.Ba/c2*1-3-36-18-10-8-17(9-11-18)28-26(32)21-12-16-6-4-5-7-20(16)24(25(21)31)30-29-23-14-19(37(33,34)35)13-22(27)15(23)2;/h2*4-14,31H,3H2,1-2H3,(H,28,32)(H,33,34,35);/q;;+2/p-2. The molecule has 0 atom stereocenters. The number of hydrogen-bond acceptors (Lipinski definition) is 15. The first-order chi connectivity index (χ1) is 35.2. The van der Waals surface area contributed by atoms with Crippen molar-refractivity contribution >= 4 is 160 Å². The molecule has 0 fully saturated rings. The number of nitrogens with one attached hydrogen (secondary N) is 2. The molecule has 0 aliphatic rings. The molecule has 8 aromatic rings. The monoisotopic (exact) mass is 1210 g/mol. The molecule has 0 saturated carbocycles. The molecule has 2 amide bonds. The molecule has 0 bridgehead atoms. The van der Waals surface area contributed by atoms with Gasteiger partial charge in [0.1, 0.15) is 27.3 Å². The first-order valence-electron chi connectivity index (χ1n) is 22.1. The van der Waals surface area contributed by atoms with Crippen molar-refractivity contribution in [3.63, 3.8) is 0 Å². The average Bonchev–Trinajstić information content (AvgIpc) is 3.36. The van der Waals surface area contributed by atoms with Gasteiger partial charge in [0.05, 0.1) is 45.6 Å². The summed E-state index contributed by atoms with van der Waals surface area (Å²) in [5, 5.41) is 48.3. The number of ether oxygens (including phenoxy) is 2. The van der Waals surface area contributed by atoms with Gasteiger partial charge in [0.25, 0.3) is 21.9 Å². The van der Waals surface area contributed by atoms with Gasteiger partial charge in [-0.15, -0.1) is 5.11 Å². The van der Waals surface area contributed by atoms with Gasteiger partial charge in [-0.3, -0.25) is 14.1 Å². The number of nitrogens with zero attached hydrogens (tertiary/aromatic N) is 4. The van der Waals surface area contributed by atoms with Crippen molar-refractivity contribution in [2.45, 2.75) is 37.5 Å². The molecule has 0 unspecified atom stereocenters.